The van der Waals surface area contributed by atoms with Gasteiger partial charge in [-0.1, -0.05) is 74.7 Å². The van der Waals surface area contributed by atoms with Gasteiger partial charge in [-0.05, 0) is 18.1 Å². The highest BCUT2D eigenvalue weighted by atomic mass is 16.5. The lowest BCUT2D eigenvalue weighted by atomic mass is 10.1. The molecule has 0 unspecified atom stereocenters. The molecule has 136 valence electrons. The van der Waals surface area contributed by atoms with Crippen LogP contribution < -0.4 is 4.74 Å². The van der Waals surface area contributed by atoms with Gasteiger partial charge in [0.15, 0.2) is 0 Å². The van der Waals surface area contributed by atoms with Crippen LogP contribution in [0.25, 0.3) is 11.1 Å². The third kappa shape index (κ3) is 6.55. The van der Waals surface area contributed by atoms with E-state index >= 15 is 0 Å². The van der Waals surface area contributed by atoms with E-state index < -0.39 is 11.9 Å². The zero-order valence-electron chi connectivity index (χ0n) is 15.0. The first-order chi connectivity index (χ1) is 12.7. The number of rotatable bonds is 9. The largest absolute Gasteiger partial charge is 0.463 e. The molecule has 0 aliphatic rings. The van der Waals surface area contributed by atoms with Gasteiger partial charge in [0.2, 0.25) is 0 Å². The molecular weight excluding hydrogens is 328 g/mol. The fourth-order valence-corrected chi connectivity index (χ4v) is 2.44. The second-order valence-electron chi connectivity index (χ2n) is 5.84. The van der Waals surface area contributed by atoms with Gasteiger partial charge in [-0.3, -0.25) is 0 Å². The molecule has 0 heterocycles. The second-order valence-corrected chi connectivity index (χ2v) is 5.84. The highest BCUT2D eigenvalue weighted by molar-refractivity contribution is 5.93. The van der Waals surface area contributed by atoms with Crippen LogP contribution in [-0.4, -0.2) is 18.5 Å². The van der Waals surface area contributed by atoms with Crippen LogP contribution in [-0.2, 0) is 14.3 Å². The summed E-state index contributed by atoms with van der Waals surface area (Å²) in [5.74, 6) is -0.701. The minimum Gasteiger partial charge on any atom is -0.463 e. The number of carbonyl (C=O) groups is 2. The van der Waals surface area contributed by atoms with Gasteiger partial charge in [-0.25, -0.2) is 9.59 Å². The molecule has 0 atom stereocenters. The molecule has 4 heteroatoms. The molecule has 0 saturated heterocycles. The van der Waals surface area contributed by atoms with Crippen LogP contribution in [0.2, 0.25) is 0 Å². The minimum atomic E-state index is -0.615. The summed E-state index contributed by atoms with van der Waals surface area (Å²) in [6, 6.07) is 16.9. The van der Waals surface area contributed by atoms with Crippen molar-refractivity contribution in [1.29, 1.82) is 0 Å². The van der Waals surface area contributed by atoms with Gasteiger partial charge in [0.05, 0.1) is 6.61 Å². The van der Waals surface area contributed by atoms with Crippen molar-refractivity contribution in [1.82, 2.24) is 0 Å². The fraction of sp³-hybridized carbons (Fsp3) is 0.273. The molecule has 0 aromatic heterocycles. The molecule has 2 rings (SSSR count). The van der Waals surface area contributed by atoms with Gasteiger partial charge in [0.1, 0.15) is 5.75 Å². The lowest BCUT2D eigenvalue weighted by molar-refractivity contribution is -0.138. The molecular formula is C22H24O4. The molecule has 0 aliphatic heterocycles. The van der Waals surface area contributed by atoms with Crippen molar-refractivity contribution in [2.75, 3.05) is 6.61 Å². The van der Waals surface area contributed by atoms with Crippen molar-refractivity contribution >= 4 is 11.9 Å². The summed E-state index contributed by atoms with van der Waals surface area (Å²) in [5, 5.41) is 0. The van der Waals surface area contributed by atoms with Crippen molar-refractivity contribution in [3.05, 3.63) is 66.7 Å². The van der Waals surface area contributed by atoms with Crippen molar-refractivity contribution in [3.8, 4) is 16.9 Å². The maximum Gasteiger partial charge on any atom is 0.336 e. The molecule has 0 saturated carbocycles. The number of esters is 2. The number of benzene rings is 2. The number of para-hydroxylation sites is 1. The van der Waals surface area contributed by atoms with Crippen LogP contribution in [0.5, 0.6) is 5.75 Å². The average molecular weight is 352 g/mol. The van der Waals surface area contributed by atoms with E-state index in [1.54, 1.807) is 12.1 Å². The predicted octanol–water partition coefficient (Wildman–Crippen LogP) is 4.94. The van der Waals surface area contributed by atoms with E-state index in [2.05, 4.69) is 6.92 Å². The van der Waals surface area contributed by atoms with E-state index in [4.69, 9.17) is 9.47 Å². The Balaban J connectivity index is 1.89. The van der Waals surface area contributed by atoms with Gasteiger partial charge in [-0.2, -0.15) is 0 Å². The van der Waals surface area contributed by atoms with Crippen LogP contribution in [0.1, 0.15) is 32.6 Å². The first-order valence-corrected chi connectivity index (χ1v) is 8.92. The molecule has 0 aliphatic carbocycles. The molecule has 2 aromatic rings. The van der Waals surface area contributed by atoms with E-state index in [-0.39, 0.29) is 0 Å². The minimum absolute atomic E-state index is 0.370. The highest BCUT2D eigenvalue weighted by Gasteiger charge is 2.09. The standard InChI is InChI=1S/C22H24O4/c1-2-3-4-10-17-25-21(23)15-16-22(24)26-20-14-9-8-13-19(20)18-11-6-5-7-12-18/h5-9,11-16H,2-4,10,17H2,1H3/b16-15+. The monoisotopic (exact) mass is 352 g/mol. The molecule has 26 heavy (non-hydrogen) atoms. The van der Waals surface area contributed by atoms with Crippen LogP contribution in [0.15, 0.2) is 66.7 Å². The molecule has 4 nitrogen and oxygen atoms in total. The highest BCUT2D eigenvalue weighted by Crippen LogP contribution is 2.29. The van der Waals surface area contributed by atoms with Gasteiger partial charge in [0.25, 0.3) is 0 Å². The normalized spacial score (nSPS) is 10.7. The number of hydrogen-bond acceptors (Lipinski definition) is 4. The van der Waals surface area contributed by atoms with Gasteiger partial charge >= 0.3 is 11.9 Å². The maximum absolute atomic E-state index is 12.0. The molecule has 0 radical (unpaired) electrons. The molecule has 2 aromatic carbocycles. The van der Waals surface area contributed by atoms with Crippen molar-refractivity contribution < 1.29 is 19.1 Å². The Morgan fingerprint density at radius 1 is 0.846 bits per heavy atom. The van der Waals surface area contributed by atoms with Crippen molar-refractivity contribution in [3.63, 3.8) is 0 Å². The van der Waals surface area contributed by atoms with Crippen LogP contribution in [0.3, 0.4) is 0 Å². The second kappa shape index (κ2) is 10.9. The summed E-state index contributed by atoms with van der Waals surface area (Å²) < 4.78 is 10.4. The summed E-state index contributed by atoms with van der Waals surface area (Å²) in [7, 11) is 0. The molecule has 0 fully saturated rings. The third-order valence-corrected chi connectivity index (χ3v) is 3.78. The number of hydrogen-bond donors (Lipinski definition) is 0. The lowest BCUT2D eigenvalue weighted by Gasteiger charge is -2.08. The Bertz CT molecular complexity index is 735. The lowest BCUT2D eigenvalue weighted by Crippen LogP contribution is -2.07. The van der Waals surface area contributed by atoms with Crippen molar-refractivity contribution in [2.45, 2.75) is 32.6 Å². The van der Waals surface area contributed by atoms with Crippen LogP contribution in [0, 0.1) is 0 Å². The summed E-state index contributed by atoms with van der Waals surface area (Å²) in [5.41, 5.74) is 1.76. The first-order valence-electron chi connectivity index (χ1n) is 8.92. The Morgan fingerprint density at radius 3 is 2.31 bits per heavy atom. The summed E-state index contributed by atoms with van der Waals surface area (Å²) in [4.78, 5) is 23.6. The average Bonchev–Trinajstić information content (AvgIpc) is 2.67. The Morgan fingerprint density at radius 2 is 1.54 bits per heavy atom. The third-order valence-electron chi connectivity index (χ3n) is 3.78. The zero-order chi connectivity index (χ0) is 18.6. The van der Waals surface area contributed by atoms with Crippen LogP contribution in [0.4, 0.5) is 0 Å². The quantitative estimate of drug-likeness (QED) is 0.278. The smallest absolute Gasteiger partial charge is 0.336 e. The van der Waals surface area contributed by atoms with E-state index in [0.717, 1.165) is 49.0 Å². The number of unbranched alkanes of at least 4 members (excludes halogenated alkanes) is 3. The number of carbonyl (C=O) groups excluding carboxylic acids is 2. The Hall–Kier alpha value is -2.88. The molecule has 0 spiro atoms. The fourth-order valence-electron chi connectivity index (χ4n) is 2.44. The van der Waals surface area contributed by atoms with Gasteiger partial charge < -0.3 is 9.47 Å². The SMILES string of the molecule is CCCCCCOC(=O)/C=C/C(=O)Oc1ccccc1-c1ccccc1. The molecule has 0 amide bonds. The first kappa shape index (κ1) is 19.4. The predicted molar refractivity (Wildman–Crippen MR) is 102 cm³/mol. The van der Waals surface area contributed by atoms with Gasteiger partial charge in [0, 0.05) is 17.7 Å². The van der Waals surface area contributed by atoms with E-state index in [9.17, 15) is 9.59 Å². The summed E-state index contributed by atoms with van der Waals surface area (Å²) >= 11 is 0. The number of ether oxygens (including phenoxy) is 2. The molecule has 0 bridgehead atoms. The topological polar surface area (TPSA) is 52.6 Å². The van der Waals surface area contributed by atoms with Gasteiger partial charge in [-0.15, -0.1) is 0 Å². The van der Waals surface area contributed by atoms with Crippen molar-refractivity contribution in [2.24, 2.45) is 0 Å². The summed E-state index contributed by atoms with van der Waals surface area (Å²) in [6.07, 6.45) is 6.32. The maximum atomic E-state index is 12.0. The zero-order valence-corrected chi connectivity index (χ0v) is 15.0. The van der Waals surface area contributed by atoms with E-state index in [1.807, 2.05) is 42.5 Å². The van der Waals surface area contributed by atoms with Crippen LogP contribution >= 0.6 is 0 Å². The Kier molecular flexibility index (Phi) is 8.13. The van der Waals surface area contributed by atoms with E-state index in [0.29, 0.717) is 12.4 Å². The Labute approximate surface area is 154 Å². The summed E-state index contributed by atoms with van der Waals surface area (Å²) in [6.45, 7) is 2.49. The van der Waals surface area contributed by atoms with E-state index in [1.165, 1.54) is 0 Å². The molecule has 0 N–H and O–H groups in total.